The van der Waals surface area contributed by atoms with Gasteiger partial charge in [-0.05, 0) is 57.1 Å². The first kappa shape index (κ1) is 21.5. The first-order valence-corrected chi connectivity index (χ1v) is 10.2. The number of fused-ring (bicyclic) bond motifs is 1. The molecule has 2 aliphatic rings. The van der Waals surface area contributed by atoms with Crippen molar-refractivity contribution in [3.05, 3.63) is 29.8 Å². The smallest absolute Gasteiger partial charge is 0.274 e. The van der Waals surface area contributed by atoms with Crippen molar-refractivity contribution in [2.45, 2.75) is 37.9 Å². The van der Waals surface area contributed by atoms with Crippen molar-refractivity contribution in [1.82, 2.24) is 15.7 Å². The van der Waals surface area contributed by atoms with Crippen molar-refractivity contribution >= 4 is 11.8 Å². The normalized spacial score (nSPS) is 26.1. The van der Waals surface area contributed by atoms with Gasteiger partial charge in [-0.25, -0.2) is 5.48 Å². The van der Waals surface area contributed by atoms with Gasteiger partial charge in [0.25, 0.3) is 5.91 Å². The number of rotatable bonds is 8. The van der Waals surface area contributed by atoms with Crippen LogP contribution in [0.15, 0.2) is 24.3 Å². The average molecular weight is 405 g/mol. The van der Waals surface area contributed by atoms with Crippen molar-refractivity contribution in [1.29, 1.82) is 0 Å². The van der Waals surface area contributed by atoms with Crippen LogP contribution in [0.1, 0.15) is 36.0 Å². The van der Waals surface area contributed by atoms with Crippen molar-refractivity contribution < 1.29 is 24.3 Å². The third-order valence-electron chi connectivity index (χ3n) is 5.74. The van der Waals surface area contributed by atoms with Crippen LogP contribution in [0.4, 0.5) is 0 Å². The fraction of sp³-hybridized carbons (Fsp3) is 0.619. The van der Waals surface area contributed by atoms with Crippen LogP contribution in [0.5, 0.6) is 5.75 Å². The minimum absolute atomic E-state index is 0.0650. The summed E-state index contributed by atoms with van der Waals surface area (Å²) in [5.74, 6) is 0.634. The Balaban J connectivity index is 1.47. The van der Waals surface area contributed by atoms with E-state index in [2.05, 4.69) is 10.2 Å². The summed E-state index contributed by atoms with van der Waals surface area (Å²) in [4.78, 5) is 26.2. The monoisotopic (exact) mass is 405 g/mol. The molecule has 1 aliphatic heterocycles. The van der Waals surface area contributed by atoms with Crippen molar-refractivity contribution in [2.24, 2.45) is 11.8 Å². The second-order valence-electron chi connectivity index (χ2n) is 8.07. The van der Waals surface area contributed by atoms with Gasteiger partial charge in [0.05, 0.1) is 12.6 Å². The molecule has 160 valence electrons. The molecule has 8 heteroatoms. The number of nitrogens with one attached hydrogen (secondary N) is 2. The Morgan fingerprint density at radius 2 is 1.93 bits per heavy atom. The summed E-state index contributed by atoms with van der Waals surface area (Å²) < 4.78 is 11.8. The van der Waals surface area contributed by atoms with Gasteiger partial charge in [-0.2, -0.15) is 0 Å². The van der Waals surface area contributed by atoms with Crippen LogP contribution in [-0.4, -0.2) is 67.9 Å². The molecule has 29 heavy (non-hydrogen) atoms. The standard InChI is InChI=1S/C21H31N3O5/c1-24(2)13-17-16-5-3-4-6-18(16)29-19(17)21(26)22-11-12-28-15-9-7-14(8-10-15)20(25)23-27/h7-10,16-19,27H,3-6,11-13H2,1-2H3,(H,22,26)(H,23,25)/t16-,17+,18-,19-/m1/s1. The van der Waals surface area contributed by atoms with E-state index in [0.29, 0.717) is 30.4 Å². The summed E-state index contributed by atoms with van der Waals surface area (Å²) in [7, 11) is 4.07. The first-order valence-electron chi connectivity index (χ1n) is 10.2. The SMILES string of the molecule is CN(C)C[C@H]1[C@H]2CCCC[C@H]2O[C@H]1C(=O)NCCOc1ccc(C(=O)NO)cc1. The largest absolute Gasteiger partial charge is 0.492 e. The minimum atomic E-state index is -0.576. The van der Waals surface area contributed by atoms with Gasteiger partial charge in [-0.3, -0.25) is 14.8 Å². The number of nitrogens with zero attached hydrogens (tertiary/aromatic N) is 1. The Morgan fingerprint density at radius 1 is 1.21 bits per heavy atom. The number of carbonyl (C=O) groups is 2. The molecule has 4 atom stereocenters. The molecule has 0 spiro atoms. The molecule has 1 heterocycles. The van der Waals surface area contributed by atoms with Crippen LogP contribution in [-0.2, 0) is 9.53 Å². The quantitative estimate of drug-likeness (QED) is 0.344. The average Bonchev–Trinajstić information content (AvgIpc) is 3.09. The van der Waals surface area contributed by atoms with E-state index in [1.54, 1.807) is 29.7 Å². The van der Waals surface area contributed by atoms with Crippen LogP contribution < -0.4 is 15.5 Å². The zero-order valence-electron chi connectivity index (χ0n) is 17.1. The van der Waals surface area contributed by atoms with Gasteiger partial charge in [0.15, 0.2) is 0 Å². The fourth-order valence-electron chi connectivity index (χ4n) is 4.42. The van der Waals surface area contributed by atoms with Gasteiger partial charge >= 0.3 is 0 Å². The molecular weight excluding hydrogens is 374 g/mol. The van der Waals surface area contributed by atoms with E-state index in [9.17, 15) is 9.59 Å². The lowest BCUT2D eigenvalue weighted by molar-refractivity contribution is -0.134. The molecule has 0 radical (unpaired) electrons. The van der Waals surface area contributed by atoms with Crippen LogP contribution >= 0.6 is 0 Å². The van der Waals surface area contributed by atoms with Gasteiger partial charge in [0, 0.05) is 18.0 Å². The lowest BCUT2D eigenvalue weighted by Crippen LogP contribution is -2.43. The molecule has 0 bridgehead atoms. The fourth-order valence-corrected chi connectivity index (χ4v) is 4.42. The van der Waals surface area contributed by atoms with Crippen LogP contribution in [0.25, 0.3) is 0 Å². The van der Waals surface area contributed by atoms with Gasteiger partial charge in [0.2, 0.25) is 5.91 Å². The molecule has 0 unspecified atom stereocenters. The number of ether oxygens (including phenoxy) is 2. The molecule has 8 nitrogen and oxygen atoms in total. The second kappa shape index (κ2) is 10.0. The Hall–Kier alpha value is -2.16. The number of hydrogen-bond donors (Lipinski definition) is 3. The lowest BCUT2D eigenvalue weighted by Gasteiger charge is -2.29. The summed E-state index contributed by atoms with van der Waals surface area (Å²) >= 11 is 0. The third-order valence-corrected chi connectivity index (χ3v) is 5.74. The summed E-state index contributed by atoms with van der Waals surface area (Å²) in [6.45, 7) is 1.54. The lowest BCUT2D eigenvalue weighted by atomic mass is 9.78. The molecule has 1 aromatic rings. The number of hydrogen-bond acceptors (Lipinski definition) is 6. The van der Waals surface area contributed by atoms with Crippen molar-refractivity contribution in [3.63, 3.8) is 0 Å². The highest BCUT2D eigenvalue weighted by Crippen LogP contribution is 2.41. The number of amides is 2. The molecule has 1 aliphatic carbocycles. The maximum atomic E-state index is 12.8. The number of benzene rings is 1. The predicted molar refractivity (Wildman–Crippen MR) is 107 cm³/mol. The molecule has 3 rings (SSSR count). The molecule has 2 fully saturated rings. The second-order valence-corrected chi connectivity index (χ2v) is 8.07. The maximum Gasteiger partial charge on any atom is 0.274 e. The minimum Gasteiger partial charge on any atom is -0.492 e. The van der Waals surface area contributed by atoms with Crippen molar-refractivity contribution in [3.8, 4) is 5.75 Å². The Kier molecular flexibility index (Phi) is 7.46. The van der Waals surface area contributed by atoms with Crippen LogP contribution in [0.2, 0.25) is 0 Å². The molecule has 1 saturated carbocycles. The molecule has 0 aromatic heterocycles. The van der Waals surface area contributed by atoms with Gasteiger partial charge < -0.3 is 19.7 Å². The molecule has 3 N–H and O–H groups in total. The van der Waals surface area contributed by atoms with Gasteiger partial charge in [0.1, 0.15) is 18.5 Å². The van der Waals surface area contributed by atoms with E-state index >= 15 is 0 Å². The van der Waals surface area contributed by atoms with E-state index in [4.69, 9.17) is 14.7 Å². The zero-order chi connectivity index (χ0) is 20.8. The number of carbonyl (C=O) groups excluding carboxylic acids is 2. The van der Waals surface area contributed by atoms with Crippen molar-refractivity contribution in [2.75, 3.05) is 33.8 Å². The van der Waals surface area contributed by atoms with Gasteiger partial charge in [-0.1, -0.05) is 12.8 Å². The topological polar surface area (TPSA) is 100 Å². The van der Waals surface area contributed by atoms with E-state index in [1.807, 2.05) is 14.1 Å². The Bertz CT molecular complexity index is 694. The highest BCUT2D eigenvalue weighted by molar-refractivity contribution is 5.93. The first-order chi connectivity index (χ1) is 14.0. The summed E-state index contributed by atoms with van der Waals surface area (Å²) in [6.07, 6.45) is 4.38. The summed E-state index contributed by atoms with van der Waals surface area (Å²) in [5, 5.41) is 11.6. The highest BCUT2D eigenvalue weighted by atomic mass is 16.5. The molecular formula is C21H31N3O5. The Labute approximate surface area is 171 Å². The van der Waals surface area contributed by atoms with E-state index in [1.165, 1.54) is 12.8 Å². The van der Waals surface area contributed by atoms with E-state index in [0.717, 1.165) is 19.4 Å². The van der Waals surface area contributed by atoms with Crippen LogP contribution in [0, 0.1) is 11.8 Å². The molecule has 1 saturated heterocycles. The van der Waals surface area contributed by atoms with Gasteiger partial charge in [-0.15, -0.1) is 0 Å². The summed E-state index contributed by atoms with van der Waals surface area (Å²) in [5.41, 5.74) is 1.92. The third kappa shape index (κ3) is 5.46. The highest BCUT2D eigenvalue weighted by Gasteiger charge is 2.47. The van der Waals surface area contributed by atoms with E-state index in [-0.39, 0.29) is 17.9 Å². The predicted octanol–water partition coefficient (Wildman–Crippen LogP) is 1.44. The molecule has 1 aromatic carbocycles. The molecule has 2 amide bonds. The van der Waals surface area contributed by atoms with Crippen LogP contribution in [0.3, 0.4) is 0 Å². The number of hydroxylamine groups is 1. The Morgan fingerprint density at radius 3 is 2.62 bits per heavy atom. The maximum absolute atomic E-state index is 12.8. The van der Waals surface area contributed by atoms with E-state index < -0.39 is 12.0 Å². The zero-order valence-corrected chi connectivity index (χ0v) is 17.1. The summed E-state index contributed by atoms with van der Waals surface area (Å²) in [6, 6.07) is 6.40.